The fraction of sp³-hybridized carbons (Fsp3) is 0.188. The van der Waals surface area contributed by atoms with Gasteiger partial charge in [-0.1, -0.05) is 36.4 Å². The average Bonchev–Trinajstić information content (AvgIpc) is 2.57. The molecule has 2 aromatic rings. The van der Waals surface area contributed by atoms with Gasteiger partial charge in [-0.25, -0.2) is 0 Å². The number of benzene rings is 2. The van der Waals surface area contributed by atoms with Crippen molar-refractivity contribution in [1.29, 1.82) is 0 Å². The summed E-state index contributed by atoms with van der Waals surface area (Å²) in [5.74, 6) is 0. The van der Waals surface area contributed by atoms with Crippen LogP contribution in [0.15, 0.2) is 59.6 Å². The summed E-state index contributed by atoms with van der Waals surface area (Å²) in [6, 6.07) is 19.1. The van der Waals surface area contributed by atoms with Crippen LogP contribution in [0.4, 0.5) is 5.69 Å². The van der Waals surface area contributed by atoms with E-state index in [1.54, 1.807) is 0 Å². The summed E-state index contributed by atoms with van der Waals surface area (Å²) in [7, 11) is 0. The fourth-order valence-electron chi connectivity index (χ4n) is 2.30. The Morgan fingerprint density at radius 2 is 1.72 bits per heavy atom. The highest BCUT2D eigenvalue weighted by atomic mass is 15.1. The Hall–Kier alpha value is -2.09. The van der Waals surface area contributed by atoms with Crippen LogP contribution in [-0.2, 0) is 0 Å². The predicted molar refractivity (Wildman–Crippen MR) is 74.9 cm³/mol. The molecule has 2 heteroatoms. The first-order valence-corrected chi connectivity index (χ1v) is 6.29. The molecule has 0 amide bonds. The van der Waals surface area contributed by atoms with Crippen LogP contribution in [0.25, 0.3) is 6.20 Å². The third-order valence-electron chi connectivity index (χ3n) is 3.14. The maximum atomic E-state index is 4.74. The van der Waals surface area contributed by atoms with Crippen molar-refractivity contribution in [2.75, 3.05) is 11.4 Å². The molecule has 2 nitrogen and oxygen atoms in total. The molecule has 0 N–H and O–H groups in total. The summed E-state index contributed by atoms with van der Waals surface area (Å²) in [6.45, 7) is 3.07. The molecular weight excluding hydrogens is 220 g/mol. The molecule has 0 bridgehead atoms. The summed E-state index contributed by atoms with van der Waals surface area (Å²) in [5, 5.41) is 2.27. The van der Waals surface area contributed by atoms with Gasteiger partial charge < -0.3 is 4.90 Å². The van der Waals surface area contributed by atoms with Crippen LogP contribution in [0.3, 0.4) is 0 Å². The van der Waals surface area contributed by atoms with E-state index in [1.807, 2.05) is 12.1 Å². The van der Waals surface area contributed by atoms with Gasteiger partial charge in [0.05, 0.1) is 11.4 Å². The molecule has 2 aromatic carbocycles. The monoisotopic (exact) mass is 236 g/mol. The van der Waals surface area contributed by atoms with Gasteiger partial charge >= 0.3 is 0 Å². The molecule has 0 fully saturated rings. The summed E-state index contributed by atoms with van der Waals surface area (Å²) in [5.41, 5.74) is 1.22. The van der Waals surface area contributed by atoms with Gasteiger partial charge in [0, 0.05) is 23.7 Å². The smallest absolute Gasteiger partial charge is 0.0665 e. The van der Waals surface area contributed by atoms with E-state index in [9.17, 15) is 0 Å². The number of rotatable bonds is 1. The van der Waals surface area contributed by atoms with E-state index in [4.69, 9.17) is 4.99 Å². The molecule has 1 aliphatic heterocycles. The second-order valence-electron chi connectivity index (χ2n) is 4.65. The van der Waals surface area contributed by atoms with E-state index in [1.165, 1.54) is 10.9 Å². The Bertz CT molecular complexity index is 646. The minimum atomic E-state index is 0.296. The van der Waals surface area contributed by atoms with E-state index >= 15 is 0 Å². The van der Waals surface area contributed by atoms with Crippen LogP contribution < -0.4 is 15.5 Å². The Kier molecular flexibility index (Phi) is 2.85. The Balaban J connectivity index is 2.14. The molecule has 0 aromatic heterocycles. The van der Waals surface area contributed by atoms with Gasteiger partial charge in [0.1, 0.15) is 0 Å². The number of hydrogen-bond acceptors (Lipinski definition) is 2. The highest BCUT2D eigenvalue weighted by molar-refractivity contribution is 5.58. The topological polar surface area (TPSA) is 15.6 Å². The fourth-order valence-corrected chi connectivity index (χ4v) is 2.30. The Labute approximate surface area is 107 Å². The zero-order valence-corrected chi connectivity index (χ0v) is 10.5. The van der Waals surface area contributed by atoms with Crippen LogP contribution in [-0.4, -0.2) is 12.6 Å². The van der Waals surface area contributed by atoms with Crippen molar-refractivity contribution in [3.63, 3.8) is 0 Å². The average molecular weight is 236 g/mol. The minimum Gasteiger partial charge on any atom is -0.345 e. The molecule has 90 valence electrons. The van der Waals surface area contributed by atoms with Crippen LogP contribution in [0.5, 0.6) is 0 Å². The first kappa shape index (κ1) is 11.0. The summed E-state index contributed by atoms with van der Waals surface area (Å²) in [6.07, 6.45) is 2.19. The maximum absolute atomic E-state index is 4.74. The van der Waals surface area contributed by atoms with Gasteiger partial charge in [0.25, 0.3) is 0 Å². The van der Waals surface area contributed by atoms with Crippen molar-refractivity contribution >= 4 is 11.9 Å². The molecule has 0 saturated heterocycles. The maximum Gasteiger partial charge on any atom is 0.0665 e. The Morgan fingerprint density at radius 3 is 2.56 bits per heavy atom. The van der Waals surface area contributed by atoms with E-state index in [0.29, 0.717) is 6.04 Å². The van der Waals surface area contributed by atoms with E-state index in [2.05, 4.69) is 60.5 Å². The van der Waals surface area contributed by atoms with Crippen LogP contribution in [0.2, 0.25) is 0 Å². The third kappa shape index (κ3) is 2.14. The standard InChI is InChI=1S/C16H16N2/c1-13-11-18(15-8-3-2-4-9-15)12-14-7-5-6-10-16(14)17-13/h2-10,12-13H,11H2,1H3. The van der Waals surface area contributed by atoms with E-state index in [0.717, 1.165) is 11.9 Å². The van der Waals surface area contributed by atoms with Crippen molar-refractivity contribution in [2.45, 2.75) is 13.0 Å². The number of nitrogens with zero attached hydrogens (tertiary/aromatic N) is 2. The highest BCUT2D eigenvalue weighted by Crippen LogP contribution is 2.15. The lowest BCUT2D eigenvalue weighted by Gasteiger charge is -2.21. The Morgan fingerprint density at radius 1 is 1.00 bits per heavy atom. The molecule has 0 saturated carbocycles. The van der Waals surface area contributed by atoms with Crippen molar-refractivity contribution < 1.29 is 0 Å². The molecular formula is C16H16N2. The lowest BCUT2D eigenvalue weighted by Crippen LogP contribution is -2.26. The molecule has 0 radical (unpaired) electrons. The molecule has 1 atom stereocenters. The summed E-state index contributed by atoms with van der Waals surface area (Å²) in [4.78, 5) is 7.02. The normalized spacial score (nSPS) is 18.3. The van der Waals surface area contributed by atoms with Crippen molar-refractivity contribution in [2.24, 2.45) is 4.99 Å². The molecule has 1 aliphatic rings. The van der Waals surface area contributed by atoms with Crippen LogP contribution >= 0.6 is 0 Å². The number of anilines is 1. The van der Waals surface area contributed by atoms with Gasteiger partial charge in [0.2, 0.25) is 0 Å². The largest absolute Gasteiger partial charge is 0.345 e. The lowest BCUT2D eigenvalue weighted by molar-refractivity contribution is 0.730. The van der Waals surface area contributed by atoms with E-state index in [-0.39, 0.29) is 0 Å². The summed E-state index contributed by atoms with van der Waals surface area (Å²) < 4.78 is 0. The molecule has 1 heterocycles. The molecule has 0 aliphatic carbocycles. The highest BCUT2D eigenvalue weighted by Gasteiger charge is 2.10. The van der Waals surface area contributed by atoms with Gasteiger partial charge in [-0.05, 0) is 25.1 Å². The van der Waals surface area contributed by atoms with Crippen molar-refractivity contribution in [3.8, 4) is 0 Å². The number of para-hydroxylation sites is 2. The summed E-state index contributed by atoms with van der Waals surface area (Å²) >= 11 is 0. The SMILES string of the molecule is CC1CN(c2ccccc2)C=c2ccccc2=N1. The molecule has 3 rings (SSSR count). The van der Waals surface area contributed by atoms with Crippen molar-refractivity contribution in [1.82, 2.24) is 0 Å². The minimum absolute atomic E-state index is 0.296. The van der Waals surface area contributed by atoms with E-state index < -0.39 is 0 Å². The molecule has 0 spiro atoms. The first-order chi connectivity index (χ1) is 8.83. The second kappa shape index (κ2) is 4.65. The van der Waals surface area contributed by atoms with Gasteiger partial charge in [-0.2, -0.15) is 0 Å². The lowest BCUT2D eigenvalue weighted by atomic mass is 10.2. The molecule has 1 unspecified atom stereocenters. The first-order valence-electron chi connectivity index (χ1n) is 6.29. The quantitative estimate of drug-likeness (QED) is 0.739. The van der Waals surface area contributed by atoms with Crippen LogP contribution in [0.1, 0.15) is 6.92 Å². The van der Waals surface area contributed by atoms with Gasteiger partial charge in [-0.15, -0.1) is 0 Å². The molecule has 18 heavy (non-hydrogen) atoms. The second-order valence-corrected chi connectivity index (χ2v) is 4.65. The van der Waals surface area contributed by atoms with Crippen molar-refractivity contribution in [3.05, 3.63) is 65.2 Å². The number of fused-ring (bicyclic) bond motifs is 1. The van der Waals surface area contributed by atoms with Crippen LogP contribution in [0, 0.1) is 0 Å². The van der Waals surface area contributed by atoms with Gasteiger partial charge in [0.15, 0.2) is 0 Å². The zero-order chi connectivity index (χ0) is 12.4. The van der Waals surface area contributed by atoms with Gasteiger partial charge in [-0.3, -0.25) is 4.99 Å². The number of hydrogen-bond donors (Lipinski definition) is 0. The third-order valence-corrected chi connectivity index (χ3v) is 3.14. The predicted octanol–water partition coefficient (Wildman–Crippen LogP) is 1.95. The zero-order valence-electron chi connectivity index (χ0n) is 10.5.